The van der Waals surface area contributed by atoms with Crippen molar-refractivity contribution in [1.82, 2.24) is 5.32 Å². The van der Waals surface area contributed by atoms with Gasteiger partial charge in [0.1, 0.15) is 0 Å². The largest absolute Gasteiger partial charge is 0.379 e. The molecular formula is C17H25NO. The van der Waals surface area contributed by atoms with Crippen molar-refractivity contribution in [1.29, 1.82) is 0 Å². The predicted octanol–water partition coefficient (Wildman–Crippen LogP) is 3.00. The van der Waals surface area contributed by atoms with Crippen molar-refractivity contribution < 1.29 is 4.74 Å². The van der Waals surface area contributed by atoms with Crippen molar-refractivity contribution in [2.24, 2.45) is 0 Å². The highest BCUT2D eigenvalue weighted by molar-refractivity contribution is 5.34. The Hall–Kier alpha value is -0.860. The van der Waals surface area contributed by atoms with Gasteiger partial charge in [-0.2, -0.15) is 0 Å². The van der Waals surface area contributed by atoms with E-state index in [1.807, 2.05) is 0 Å². The lowest BCUT2D eigenvalue weighted by Crippen LogP contribution is -2.53. The highest BCUT2D eigenvalue weighted by Crippen LogP contribution is 2.34. The Morgan fingerprint density at radius 1 is 1.16 bits per heavy atom. The Bertz CT molecular complexity index is 435. The molecule has 2 aliphatic rings. The van der Waals surface area contributed by atoms with Crippen LogP contribution in [0, 0.1) is 0 Å². The fraction of sp³-hybridized carbons (Fsp3) is 0.647. The molecule has 0 unspecified atom stereocenters. The average Bonchev–Trinajstić information content (AvgIpc) is 3.11. The van der Waals surface area contributed by atoms with Gasteiger partial charge in [0.05, 0.1) is 18.6 Å². The first kappa shape index (κ1) is 13.1. The van der Waals surface area contributed by atoms with Crippen molar-refractivity contribution in [2.75, 3.05) is 19.8 Å². The summed E-state index contributed by atoms with van der Waals surface area (Å²) in [6, 6.07) is 9.94. The van der Waals surface area contributed by atoms with Gasteiger partial charge in [-0.15, -0.1) is 0 Å². The van der Waals surface area contributed by atoms with E-state index in [2.05, 4.69) is 50.4 Å². The molecule has 3 rings (SSSR count). The third-order valence-electron chi connectivity index (χ3n) is 4.43. The molecule has 19 heavy (non-hydrogen) atoms. The molecule has 1 heterocycles. The molecule has 0 radical (unpaired) electrons. The first-order valence-corrected chi connectivity index (χ1v) is 7.42. The number of benzene rings is 1. The van der Waals surface area contributed by atoms with Crippen LogP contribution in [0.15, 0.2) is 24.3 Å². The van der Waals surface area contributed by atoms with Crippen LogP contribution in [-0.2, 0) is 15.6 Å². The number of nitrogens with one attached hydrogen (secondary N) is 1. The van der Waals surface area contributed by atoms with Crippen LogP contribution in [0.1, 0.15) is 44.7 Å². The van der Waals surface area contributed by atoms with Crippen molar-refractivity contribution in [3.05, 3.63) is 35.4 Å². The normalized spacial score (nSPS) is 22.1. The minimum absolute atomic E-state index is 0.221. The molecule has 2 fully saturated rings. The molecule has 0 spiro atoms. The van der Waals surface area contributed by atoms with E-state index >= 15 is 0 Å². The third kappa shape index (κ3) is 2.70. The fourth-order valence-electron chi connectivity index (χ4n) is 2.67. The molecule has 1 saturated heterocycles. The quantitative estimate of drug-likeness (QED) is 0.897. The number of ether oxygens (including phenoxy) is 1. The zero-order valence-corrected chi connectivity index (χ0v) is 12.3. The van der Waals surface area contributed by atoms with E-state index in [0.717, 1.165) is 25.8 Å². The van der Waals surface area contributed by atoms with Gasteiger partial charge >= 0.3 is 0 Å². The summed E-state index contributed by atoms with van der Waals surface area (Å²) in [5.74, 6) is 0. The minimum Gasteiger partial charge on any atom is -0.379 e. The molecule has 0 amide bonds. The topological polar surface area (TPSA) is 21.3 Å². The zero-order valence-electron chi connectivity index (χ0n) is 12.3. The van der Waals surface area contributed by atoms with Crippen LogP contribution in [-0.4, -0.2) is 25.8 Å². The fourth-order valence-corrected chi connectivity index (χ4v) is 2.67. The highest BCUT2D eigenvalue weighted by atomic mass is 16.5. The Balaban J connectivity index is 1.75. The van der Waals surface area contributed by atoms with Crippen molar-refractivity contribution in [2.45, 2.75) is 50.5 Å². The van der Waals surface area contributed by atoms with Gasteiger partial charge in [0.25, 0.3) is 0 Å². The smallest absolute Gasteiger partial charge is 0.0598 e. The molecule has 104 valence electrons. The summed E-state index contributed by atoms with van der Waals surface area (Å²) in [5, 5.41) is 3.66. The predicted molar refractivity (Wildman–Crippen MR) is 78.7 cm³/mol. The number of hydrogen-bond donors (Lipinski definition) is 1. The van der Waals surface area contributed by atoms with Gasteiger partial charge in [-0.3, -0.25) is 0 Å². The van der Waals surface area contributed by atoms with E-state index in [0.29, 0.717) is 0 Å². The molecule has 2 nitrogen and oxygen atoms in total. The Morgan fingerprint density at radius 3 is 2.21 bits per heavy atom. The number of rotatable bonds is 4. The van der Waals surface area contributed by atoms with Crippen LogP contribution in [0.2, 0.25) is 0 Å². The van der Waals surface area contributed by atoms with E-state index in [-0.39, 0.29) is 10.8 Å². The SMILES string of the molecule is CC(C)(C)c1ccc(C2(CNC3CC3)COC2)cc1. The monoisotopic (exact) mass is 259 g/mol. The summed E-state index contributed by atoms with van der Waals surface area (Å²) in [6.45, 7) is 9.58. The molecule has 1 aromatic carbocycles. The zero-order chi connectivity index (χ0) is 13.5. The van der Waals surface area contributed by atoms with Crippen LogP contribution >= 0.6 is 0 Å². The van der Waals surface area contributed by atoms with Crippen molar-refractivity contribution in [3.63, 3.8) is 0 Å². The second kappa shape index (κ2) is 4.60. The summed E-state index contributed by atoms with van der Waals surface area (Å²) in [5.41, 5.74) is 3.29. The summed E-state index contributed by atoms with van der Waals surface area (Å²) in [6.07, 6.45) is 2.69. The molecule has 1 aromatic rings. The van der Waals surface area contributed by atoms with Crippen molar-refractivity contribution >= 4 is 0 Å². The number of hydrogen-bond acceptors (Lipinski definition) is 2. The van der Waals surface area contributed by atoms with E-state index in [9.17, 15) is 0 Å². The van der Waals surface area contributed by atoms with Gasteiger partial charge in [0.2, 0.25) is 0 Å². The molecule has 1 N–H and O–H groups in total. The van der Waals surface area contributed by atoms with Crippen LogP contribution in [0.5, 0.6) is 0 Å². The van der Waals surface area contributed by atoms with Gasteiger partial charge in [0, 0.05) is 12.6 Å². The van der Waals surface area contributed by atoms with E-state index in [4.69, 9.17) is 4.74 Å². The maximum Gasteiger partial charge on any atom is 0.0598 e. The molecule has 1 saturated carbocycles. The molecule has 0 bridgehead atoms. The first-order valence-electron chi connectivity index (χ1n) is 7.42. The third-order valence-corrected chi connectivity index (χ3v) is 4.43. The molecule has 1 aliphatic carbocycles. The van der Waals surface area contributed by atoms with Gasteiger partial charge in [-0.05, 0) is 29.4 Å². The van der Waals surface area contributed by atoms with Gasteiger partial charge in [0.15, 0.2) is 0 Å². The maximum absolute atomic E-state index is 5.50. The molecule has 0 atom stereocenters. The molecular weight excluding hydrogens is 234 g/mol. The molecule has 1 aliphatic heterocycles. The summed E-state index contributed by atoms with van der Waals surface area (Å²) in [4.78, 5) is 0. The lowest BCUT2D eigenvalue weighted by atomic mass is 9.77. The highest BCUT2D eigenvalue weighted by Gasteiger charge is 2.41. The first-order chi connectivity index (χ1) is 9.00. The summed E-state index contributed by atoms with van der Waals surface area (Å²) in [7, 11) is 0. The van der Waals surface area contributed by atoms with E-state index in [1.165, 1.54) is 24.0 Å². The van der Waals surface area contributed by atoms with Gasteiger partial charge in [-0.25, -0.2) is 0 Å². The van der Waals surface area contributed by atoms with Crippen LogP contribution in [0.4, 0.5) is 0 Å². The van der Waals surface area contributed by atoms with Crippen molar-refractivity contribution in [3.8, 4) is 0 Å². The van der Waals surface area contributed by atoms with E-state index in [1.54, 1.807) is 0 Å². The standard InChI is InChI=1S/C17H25NO/c1-16(2,3)13-4-6-14(7-5-13)17(11-19-12-17)10-18-15-8-9-15/h4-7,15,18H,8-12H2,1-3H3. The lowest BCUT2D eigenvalue weighted by Gasteiger charge is -2.42. The Kier molecular flexibility index (Phi) is 3.18. The molecule has 2 heteroatoms. The van der Waals surface area contributed by atoms with Gasteiger partial charge in [-0.1, -0.05) is 45.0 Å². The Labute approximate surface area is 116 Å². The minimum atomic E-state index is 0.221. The lowest BCUT2D eigenvalue weighted by molar-refractivity contribution is -0.0591. The second-order valence-electron chi connectivity index (χ2n) is 7.26. The van der Waals surface area contributed by atoms with Crippen LogP contribution in [0.25, 0.3) is 0 Å². The van der Waals surface area contributed by atoms with E-state index < -0.39 is 0 Å². The maximum atomic E-state index is 5.50. The molecule has 0 aromatic heterocycles. The second-order valence-corrected chi connectivity index (χ2v) is 7.26. The van der Waals surface area contributed by atoms with Crippen LogP contribution < -0.4 is 5.32 Å². The summed E-state index contributed by atoms with van der Waals surface area (Å²) < 4.78 is 5.50. The van der Waals surface area contributed by atoms with Gasteiger partial charge < -0.3 is 10.1 Å². The average molecular weight is 259 g/mol. The Morgan fingerprint density at radius 2 is 1.79 bits per heavy atom. The van der Waals surface area contributed by atoms with Crippen LogP contribution in [0.3, 0.4) is 0 Å². The summed E-state index contributed by atoms with van der Waals surface area (Å²) >= 11 is 0.